The first kappa shape index (κ1) is 60.3. The Morgan fingerprint density at radius 1 is 0.328 bits per heavy atom. The predicted molar refractivity (Wildman–Crippen MR) is 274 cm³/mol. The van der Waals surface area contributed by atoms with Gasteiger partial charge in [0, 0.05) is 19.3 Å². The molecule has 0 aromatic rings. The highest BCUT2D eigenvalue weighted by atomic mass is 16.6. The second-order valence-corrected chi connectivity index (χ2v) is 17.0. The van der Waals surface area contributed by atoms with Crippen molar-refractivity contribution in [1.82, 2.24) is 0 Å². The average molecular weight is 889 g/mol. The summed E-state index contributed by atoms with van der Waals surface area (Å²) in [6.07, 6.45) is 68.2. The largest absolute Gasteiger partial charge is 0.462 e. The summed E-state index contributed by atoms with van der Waals surface area (Å²) in [6, 6.07) is 0. The quantitative estimate of drug-likeness (QED) is 0.0262. The molecular weight excluding hydrogens is 793 g/mol. The van der Waals surface area contributed by atoms with Crippen LogP contribution < -0.4 is 0 Å². The van der Waals surface area contributed by atoms with Gasteiger partial charge in [-0.2, -0.15) is 0 Å². The van der Waals surface area contributed by atoms with E-state index in [1.807, 2.05) is 0 Å². The third-order valence-corrected chi connectivity index (χ3v) is 10.8. The van der Waals surface area contributed by atoms with E-state index in [1.54, 1.807) is 0 Å². The fourth-order valence-electron chi connectivity index (χ4n) is 6.95. The third kappa shape index (κ3) is 49.3. The van der Waals surface area contributed by atoms with Gasteiger partial charge in [0.2, 0.25) is 0 Å². The first-order chi connectivity index (χ1) is 31.5. The van der Waals surface area contributed by atoms with Crippen LogP contribution in [0.5, 0.6) is 0 Å². The second-order valence-electron chi connectivity index (χ2n) is 17.0. The molecule has 0 N–H and O–H groups in total. The molecule has 0 bridgehead atoms. The smallest absolute Gasteiger partial charge is 0.306 e. The van der Waals surface area contributed by atoms with E-state index in [0.717, 1.165) is 135 Å². The van der Waals surface area contributed by atoms with E-state index in [0.29, 0.717) is 19.3 Å². The molecule has 1 unspecified atom stereocenters. The van der Waals surface area contributed by atoms with Gasteiger partial charge in [-0.25, -0.2) is 0 Å². The molecule has 0 saturated heterocycles. The SMILES string of the molecule is CC/C=C\C/C=C\C/C=C\C/C=C\CCCCCCCCC(=O)OCC(COC(=O)CCCCCCCCCCCC)OC(=O)CCCCCC/C=C\C/C=C\C/C=C\C/C=C\CC. The van der Waals surface area contributed by atoms with Gasteiger partial charge in [-0.3, -0.25) is 14.4 Å². The number of carbonyl (C=O) groups excluding carboxylic acids is 3. The lowest BCUT2D eigenvalue weighted by Gasteiger charge is -2.18. The number of rotatable bonds is 46. The Hall–Kier alpha value is -3.67. The van der Waals surface area contributed by atoms with Gasteiger partial charge < -0.3 is 14.2 Å². The van der Waals surface area contributed by atoms with E-state index in [-0.39, 0.29) is 31.1 Å². The van der Waals surface area contributed by atoms with Crippen molar-refractivity contribution >= 4 is 17.9 Å². The molecule has 0 saturated carbocycles. The molecule has 364 valence electrons. The normalized spacial score (nSPS) is 12.9. The van der Waals surface area contributed by atoms with Gasteiger partial charge in [0.15, 0.2) is 6.10 Å². The van der Waals surface area contributed by atoms with Gasteiger partial charge in [-0.05, 0) is 96.3 Å². The van der Waals surface area contributed by atoms with Gasteiger partial charge in [-0.15, -0.1) is 0 Å². The van der Waals surface area contributed by atoms with E-state index < -0.39 is 6.10 Å². The van der Waals surface area contributed by atoms with Crippen molar-refractivity contribution in [2.24, 2.45) is 0 Å². The van der Waals surface area contributed by atoms with Crippen LogP contribution in [-0.2, 0) is 28.6 Å². The molecule has 0 fully saturated rings. The Morgan fingerprint density at radius 2 is 0.609 bits per heavy atom. The predicted octanol–water partition coefficient (Wildman–Crippen LogP) is 17.4. The Bertz CT molecular complexity index is 1300. The van der Waals surface area contributed by atoms with E-state index >= 15 is 0 Å². The fourth-order valence-corrected chi connectivity index (χ4v) is 6.95. The molecule has 0 amide bonds. The summed E-state index contributed by atoms with van der Waals surface area (Å²) in [7, 11) is 0. The summed E-state index contributed by atoms with van der Waals surface area (Å²) in [5.41, 5.74) is 0. The average Bonchev–Trinajstić information content (AvgIpc) is 3.29. The Morgan fingerprint density at radius 3 is 0.953 bits per heavy atom. The van der Waals surface area contributed by atoms with E-state index in [1.165, 1.54) is 57.8 Å². The molecule has 0 aromatic heterocycles. The summed E-state index contributed by atoms with van der Waals surface area (Å²) >= 11 is 0. The van der Waals surface area contributed by atoms with Crippen LogP contribution in [0.25, 0.3) is 0 Å². The minimum Gasteiger partial charge on any atom is -0.462 e. The number of carbonyl (C=O) groups is 3. The molecule has 0 rings (SSSR count). The molecule has 0 radical (unpaired) electrons. The van der Waals surface area contributed by atoms with Crippen molar-refractivity contribution in [2.75, 3.05) is 13.2 Å². The zero-order valence-corrected chi connectivity index (χ0v) is 41.5. The molecule has 0 aliphatic heterocycles. The number of hydrogen-bond donors (Lipinski definition) is 0. The highest BCUT2D eigenvalue weighted by molar-refractivity contribution is 5.71. The summed E-state index contributed by atoms with van der Waals surface area (Å²) in [6.45, 7) is 6.36. The number of hydrogen-bond acceptors (Lipinski definition) is 6. The molecule has 6 heteroatoms. The maximum Gasteiger partial charge on any atom is 0.306 e. The molecule has 6 nitrogen and oxygen atoms in total. The van der Waals surface area contributed by atoms with Gasteiger partial charge in [0.25, 0.3) is 0 Å². The highest BCUT2D eigenvalue weighted by Gasteiger charge is 2.19. The summed E-state index contributed by atoms with van der Waals surface area (Å²) in [5.74, 6) is -0.934. The van der Waals surface area contributed by atoms with Gasteiger partial charge in [0.1, 0.15) is 13.2 Å². The van der Waals surface area contributed by atoms with Crippen molar-refractivity contribution in [2.45, 2.75) is 239 Å². The van der Waals surface area contributed by atoms with Gasteiger partial charge in [-0.1, -0.05) is 214 Å². The summed E-state index contributed by atoms with van der Waals surface area (Å²) < 4.78 is 16.8. The molecule has 0 aliphatic rings. The lowest BCUT2D eigenvalue weighted by Crippen LogP contribution is -2.30. The minimum absolute atomic E-state index is 0.0919. The number of allylic oxidation sites excluding steroid dienone is 16. The van der Waals surface area contributed by atoms with Crippen molar-refractivity contribution in [1.29, 1.82) is 0 Å². The maximum atomic E-state index is 12.8. The van der Waals surface area contributed by atoms with Crippen LogP contribution in [0.3, 0.4) is 0 Å². The molecule has 0 aromatic carbocycles. The van der Waals surface area contributed by atoms with Crippen LogP contribution in [0.2, 0.25) is 0 Å². The van der Waals surface area contributed by atoms with Crippen LogP contribution >= 0.6 is 0 Å². The van der Waals surface area contributed by atoms with Crippen LogP contribution in [0.4, 0.5) is 0 Å². The number of ether oxygens (including phenoxy) is 3. The van der Waals surface area contributed by atoms with Crippen molar-refractivity contribution < 1.29 is 28.6 Å². The van der Waals surface area contributed by atoms with Crippen molar-refractivity contribution in [3.63, 3.8) is 0 Å². The molecular formula is C58H96O6. The van der Waals surface area contributed by atoms with Gasteiger partial charge >= 0.3 is 17.9 Å². The molecule has 1 atom stereocenters. The van der Waals surface area contributed by atoms with E-state index in [2.05, 4.69) is 118 Å². The molecule has 0 spiro atoms. The topological polar surface area (TPSA) is 78.9 Å². The Kier molecular flexibility index (Phi) is 49.0. The van der Waals surface area contributed by atoms with Crippen LogP contribution in [0, 0.1) is 0 Å². The van der Waals surface area contributed by atoms with Crippen LogP contribution in [0.1, 0.15) is 233 Å². The second kappa shape index (κ2) is 52.0. The zero-order chi connectivity index (χ0) is 46.5. The number of esters is 3. The summed E-state index contributed by atoms with van der Waals surface area (Å²) in [5, 5.41) is 0. The molecule has 0 aliphatic carbocycles. The van der Waals surface area contributed by atoms with Crippen molar-refractivity contribution in [3.8, 4) is 0 Å². The zero-order valence-electron chi connectivity index (χ0n) is 41.5. The first-order valence-corrected chi connectivity index (χ1v) is 26.2. The lowest BCUT2D eigenvalue weighted by atomic mass is 10.1. The maximum absolute atomic E-state index is 12.8. The minimum atomic E-state index is -0.795. The highest BCUT2D eigenvalue weighted by Crippen LogP contribution is 2.14. The third-order valence-electron chi connectivity index (χ3n) is 10.8. The van der Waals surface area contributed by atoms with E-state index in [4.69, 9.17) is 14.2 Å². The van der Waals surface area contributed by atoms with E-state index in [9.17, 15) is 14.4 Å². The van der Waals surface area contributed by atoms with Crippen LogP contribution in [-0.4, -0.2) is 37.2 Å². The molecule has 0 heterocycles. The first-order valence-electron chi connectivity index (χ1n) is 26.2. The van der Waals surface area contributed by atoms with Gasteiger partial charge in [0.05, 0.1) is 0 Å². The van der Waals surface area contributed by atoms with Crippen molar-refractivity contribution in [3.05, 3.63) is 97.2 Å². The Labute approximate surface area is 394 Å². The monoisotopic (exact) mass is 889 g/mol. The molecule has 64 heavy (non-hydrogen) atoms. The Balaban J connectivity index is 4.42. The van der Waals surface area contributed by atoms with Crippen LogP contribution in [0.15, 0.2) is 97.2 Å². The summed E-state index contributed by atoms with van der Waals surface area (Å²) in [4.78, 5) is 38.0. The standard InChI is InChI=1S/C58H96O6/c1-4-7-10-13-16-19-22-24-26-28-29-31-32-34-36-39-42-45-48-51-57(60)63-54-55(53-62-56(59)50-47-44-41-38-21-18-15-12-9-6-3)64-58(61)52-49-46-43-40-37-35-33-30-27-25-23-20-17-14-11-8-5-2/h7-8,10-11,16-17,19-20,24-27,29,31,33,35,55H,4-6,9,12-15,18,21-23,28,30,32,34,36-54H2,1-3H3/b10-7-,11-8-,19-16-,20-17-,26-24-,27-25-,31-29-,35-33-. The lowest BCUT2D eigenvalue weighted by molar-refractivity contribution is -0.167. The number of unbranched alkanes of at least 4 members (excludes halogenated alkanes) is 19. The fraction of sp³-hybridized carbons (Fsp3) is 0.672.